The molecule has 6 N–H and O–H groups in total. The Morgan fingerprint density at radius 1 is 1.04 bits per heavy atom. The zero-order chi connectivity index (χ0) is 17.7. The number of nitrogens with zero attached hydrogens (tertiary/aromatic N) is 1. The minimum absolute atomic E-state index is 0.0364. The van der Waals surface area contributed by atoms with Crippen LogP contribution in [0.1, 0.15) is 58.3 Å². The Labute approximate surface area is 136 Å². The zero-order valence-corrected chi connectivity index (χ0v) is 13.7. The van der Waals surface area contributed by atoms with E-state index in [1.165, 1.54) is 0 Å². The summed E-state index contributed by atoms with van der Waals surface area (Å²) in [6.07, 6.45) is 4.87. The van der Waals surface area contributed by atoms with Crippen molar-refractivity contribution in [2.45, 2.75) is 64.3 Å². The van der Waals surface area contributed by atoms with Gasteiger partial charge < -0.3 is 26.7 Å². The molecule has 0 aliphatic heterocycles. The average Bonchev–Trinajstić information content (AvgIpc) is 2.45. The first-order valence-corrected chi connectivity index (χ1v) is 7.90. The van der Waals surface area contributed by atoms with Gasteiger partial charge in [0, 0.05) is 19.4 Å². The fourth-order valence-corrected chi connectivity index (χ4v) is 2.04. The van der Waals surface area contributed by atoms with E-state index in [4.69, 9.17) is 16.6 Å². The zero-order valence-electron chi connectivity index (χ0n) is 13.7. The molecule has 1 unspecified atom stereocenters. The molecule has 132 valence electrons. The molecule has 0 aliphatic rings. The molecule has 0 fully saturated rings. The molecule has 0 saturated heterocycles. The van der Waals surface area contributed by atoms with Crippen LogP contribution in [0.4, 0.5) is 0 Å². The van der Waals surface area contributed by atoms with Gasteiger partial charge in [-0.25, -0.2) is 4.79 Å². The molecule has 1 atom stereocenters. The number of hydrogen-bond donors (Lipinski definition) is 4. The summed E-state index contributed by atoms with van der Waals surface area (Å²) in [5.41, 5.74) is 10.4. The third kappa shape index (κ3) is 13.3. The van der Waals surface area contributed by atoms with Crippen LogP contribution in [0.25, 0.3) is 0 Å². The molecule has 0 heterocycles. The molecule has 0 spiro atoms. The highest BCUT2D eigenvalue weighted by Crippen LogP contribution is 2.06. The maximum Gasteiger partial charge on any atom is 0.326 e. The van der Waals surface area contributed by atoms with Gasteiger partial charge in [-0.15, -0.1) is 0 Å². The second-order valence-corrected chi connectivity index (χ2v) is 5.52. The molecule has 0 radical (unpaired) electrons. The Morgan fingerprint density at radius 3 is 2.17 bits per heavy atom. The molecule has 0 aromatic heterocycles. The molecule has 0 rings (SSSR count). The van der Waals surface area contributed by atoms with E-state index in [0.29, 0.717) is 25.8 Å². The van der Waals surface area contributed by atoms with E-state index in [9.17, 15) is 14.4 Å². The van der Waals surface area contributed by atoms with Gasteiger partial charge in [0.1, 0.15) is 11.8 Å². The van der Waals surface area contributed by atoms with Gasteiger partial charge >= 0.3 is 5.97 Å². The fraction of sp³-hybridized carbons (Fsp3) is 0.733. The molecule has 23 heavy (non-hydrogen) atoms. The summed E-state index contributed by atoms with van der Waals surface area (Å²) in [5, 5.41) is 11.6. The summed E-state index contributed by atoms with van der Waals surface area (Å²) in [7, 11) is 0. The summed E-state index contributed by atoms with van der Waals surface area (Å²) in [4.78, 5) is 37.4. The lowest BCUT2D eigenvalue weighted by molar-refractivity contribution is -0.142. The van der Waals surface area contributed by atoms with E-state index in [0.717, 1.165) is 19.3 Å². The number of hydrogen-bond acceptors (Lipinski definition) is 4. The summed E-state index contributed by atoms with van der Waals surface area (Å²) < 4.78 is 0. The minimum atomic E-state index is -1.07. The minimum Gasteiger partial charge on any atom is -0.480 e. The average molecular weight is 328 g/mol. The predicted octanol–water partition coefficient (Wildman–Crippen LogP) is 0.539. The number of amides is 1. The molecule has 1 amide bonds. The van der Waals surface area contributed by atoms with Crippen molar-refractivity contribution in [3.63, 3.8) is 0 Å². The number of carboxylic acids is 1. The van der Waals surface area contributed by atoms with Gasteiger partial charge in [-0.1, -0.05) is 12.8 Å². The first kappa shape index (κ1) is 20.9. The number of unbranched alkanes of at least 4 members (excludes halogenated alkanes) is 3. The third-order valence-electron chi connectivity index (χ3n) is 3.26. The number of nitrogens with two attached hydrogens (primary N) is 2. The van der Waals surface area contributed by atoms with Crippen LogP contribution in [0.5, 0.6) is 0 Å². The van der Waals surface area contributed by atoms with Crippen molar-refractivity contribution in [3.05, 3.63) is 0 Å². The number of rotatable bonds is 13. The highest BCUT2D eigenvalue weighted by Gasteiger charge is 2.18. The fourth-order valence-electron chi connectivity index (χ4n) is 2.04. The van der Waals surface area contributed by atoms with Gasteiger partial charge in [0.05, 0.1) is 0 Å². The molecule has 0 bridgehead atoms. The largest absolute Gasteiger partial charge is 0.480 e. The van der Waals surface area contributed by atoms with Crippen LogP contribution in [0.15, 0.2) is 4.99 Å². The van der Waals surface area contributed by atoms with Crippen LogP contribution < -0.4 is 16.8 Å². The number of aliphatic carboxylic acids is 1. The summed E-state index contributed by atoms with van der Waals surface area (Å²) >= 11 is 0. The molecule has 0 aromatic carbocycles. The number of carbonyl (C=O) groups is 3. The Bertz CT molecular complexity index is 420. The lowest BCUT2D eigenvalue weighted by Gasteiger charge is -2.14. The molecule has 0 aromatic rings. The Kier molecular flexibility index (Phi) is 11.3. The highest BCUT2D eigenvalue weighted by atomic mass is 16.4. The van der Waals surface area contributed by atoms with Crippen molar-refractivity contribution >= 4 is 23.6 Å². The van der Waals surface area contributed by atoms with Crippen molar-refractivity contribution in [1.82, 2.24) is 5.32 Å². The second kappa shape index (κ2) is 12.4. The van der Waals surface area contributed by atoms with Crippen molar-refractivity contribution < 1.29 is 19.5 Å². The number of guanidine groups is 1. The number of carboxylic acid groups (broad SMARTS) is 1. The highest BCUT2D eigenvalue weighted by molar-refractivity contribution is 5.83. The van der Waals surface area contributed by atoms with Gasteiger partial charge in [-0.05, 0) is 32.6 Å². The van der Waals surface area contributed by atoms with Crippen molar-refractivity contribution in [2.24, 2.45) is 16.5 Å². The molecule has 8 nitrogen and oxygen atoms in total. The normalized spacial score (nSPS) is 11.5. The summed E-state index contributed by atoms with van der Waals surface area (Å²) in [6, 6.07) is -0.922. The summed E-state index contributed by atoms with van der Waals surface area (Å²) in [5.74, 6) is -1.20. The van der Waals surface area contributed by atoms with E-state index in [1.54, 1.807) is 6.92 Å². The van der Waals surface area contributed by atoms with Crippen LogP contribution in [0.3, 0.4) is 0 Å². The van der Waals surface area contributed by atoms with E-state index in [2.05, 4.69) is 10.3 Å². The van der Waals surface area contributed by atoms with Crippen molar-refractivity contribution in [3.8, 4) is 0 Å². The molecule has 0 saturated carbocycles. The number of carbonyl (C=O) groups excluding carboxylic acids is 2. The lowest BCUT2D eigenvalue weighted by Crippen LogP contribution is -2.40. The van der Waals surface area contributed by atoms with Crippen LogP contribution in [-0.4, -0.2) is 41.3 Å². The first-order chi connectivity index (χ1) is 10.8. The van der Waals surface area contributed by atoms with Crippen LogP contribution >= 0.6 is 0 Å². The maximum absolute atomic E-state index is 11.7. The molecular weight excluding hydrogens is 300 g/mol. The molecular formula is C15H28N4O4. The quantitative estimate of drug-likeness (QED) is 0.220. The third-order valence-corrected chi connectivity index (χ3v) is 3.26. The second-order valence-electron chi connectivity index (χ2n) is 5.52. The van der Waals surface area contributed by atoms with E-state index in [1.807, 2.05) is 0 Å². The van der Waals surface area contributed by atoms with E-state index < -0.39 is 12.0 Å². The van der Waals surface area contributed by atoms with Gasteiger partial charge in [0.2, 0.25) is 5.91 Å². The summed E-state index contributed by atoms with van der Waals surface area (Å²) in [6.45, 7) is 1.89. The van der Waals surface area contributed by atoms with Gasteiger partial charge in [0.25, 0.3) is 0 Å². The van der Waals surface area contributed by atoms with Crippen LogP contribution in [-0.2, 0) is 14.4 Å². The Hall–Kier alpha value is -2.12. The standard InChI is InChI=1S/C15H28N4O4/c1-11(20)7-4-2-3-5-9-13(21)19-12(14(22)23)8-6-10-18-15(16)17/h12H,2-10H2,1H3,(H,19,21)(H,22,23)(H4,16,17,18). The van der Waals surface area contributed by atoms with Gasteiger partial charge in [0.15, 0.2) is 5.96 Å². The Balaban J connectivity index is 3.90. The van der Waals surface area contributed by atoms with Gasteiger partial charge in [-0.3, -0.25) is 9.79 Å². The first-order valence-electron chi connectivity index (χ1n) is 7.90. The van der Waals surface area contributed by atoms with E-state index in [-0.39, 0.29) is 30.5 Å². The number of ketones is 1. The van der Waals surface area contributed by atoms with Crippen molar-refractivity contribution in [2.75, 3.05) is 6.54 Å². The van der Waals surface area contributed by atoms with Crippen molar-refractivity contribution in [1.29, 1.82) is 0 Å². The number of aliphatic imine (C=N–C) groups is 1. The maximum atomic E-state index is 11.7. The van der Waals surface area contributed by atoms with Crippen LogP contribution in [0.2, 0.25) is 0 Å². The number of Topliss-reactive ketones (excluding diaryl/α,β-unsaturated/α-hetero) is 1. The topological polar surface area (TPSA) is 148 Å². The monoisotopic (exact) mass is 328 g/mol. The smallest absolute Gasteiger partial charge is 0.326 e. The van der Waals surface area contributed by atoms with Crippen LogP contribution in [0, 0.1) is 0 Å². The molecule has 0 aliphatic carbocycles. The Morgan fingerprint density at radius 2 is 1.65 bits per heavy atom. The van der Waals surface area contributed by atoms with Gasteiger partial charge in [-0.2, -0.15) is 0 Å². The van der Waals surface area contributed by atoms with E-state index >= 15 is 0 Å². The number of nitrogens with one attached hydrogen (secondary N) is 1. The molecule has 8 heteroatoms. The lowest BCUT2D eigenvalue weighted by atomic mass is 10.1. The predicted molar refractivity (Wildman–Crippen MR) is 87.9 cm³/mol. The SMILES string of the molecule is CC(=O)CCCCCCC(=O)NC(CCCN=C(N)N)C(=O)O.